The standard InChI is InChI=1S/C19H20O4/c1-12-4-5-13(2)16(10-12)17(18(20)21)11-14-6-8-15(9-7-14)19(22)23-3/h4-10,17H,11H2,1-3H3,(H,20,21). The third-order valence-electron chi connectivity index (χ3n) is 3.92. The fourth-order valence-corrected chi connectivity index (χ4v) is 2.60. The van der Waals surface area contributed by atoms with Crippen LogP contribution in [0, 0.1) is 13.8 Å². The van der Waals surface area contributed by atoms with Gasteiger partial charge in [0.1, 0.15) is 0 Å². The summed E-state index contributed by atoms with van der Waals surface area (Å²) in [5.74, 6) is -1.87. The zero-order valence-corrected chi connectivity index (χ0v) is 13.5. The molecule has 2 rings (SSSR count). The van der Waals surface area contributed by atoms with E-state index in [9.17, 15) is 14.7 Å². The Morgan fingerprint density at radius 1 is 1.09 bits per heavy atom. The maximum atomic E-state index is 11.7. The molecule has 4 nitrogen and oxygen atoms in total. The normalized spacial score (nSPS) is 11.8. The van der Waals surface area contributed by atoms with Gasteiger partial charge in [-0.25, -0.2) is 4.79 Å². The summed E-state index contributed by atoms with van der Waals surface area (Å²) in [6.07, 6.45) is 0.376. The number of esters is 1. The van der Waals surface area contributed by atoms with Crippen LogP contribution in [0.3, 0.4) is 0 Å². The second-order valence-electron chi connectivity index (χ2n) is 5.64. The van der Waals surface area contributed by atoms with Crippen molar-refractivity contribution in [3.63, 3.8) is 0 Å². The molecule has 0 saturated carbocycles. The third-order valence-corrected chi connectivity index (χ3v) is 3.92. The first kappa shape index (κ1) is 16.7. The largest absolute Gasteiger partial charge is 0.481 e. The molecule has 1 unspecified atom stereocenters. The molecule has 0 aliphatic carbocycles. The zero-order valence-electron chi connectivity index (χ0n) is 13.5. The zero-order chi connectivity index (χ0) is 17.0. The van der Waals surface area contributed by atoms with Gasteiger partial charge in [0, 0.05) is 0 Å². The number of carboxylic acids is 1. The first-order chi connectivity index (χ1) is 10.9. The quantitative estimate of drug-likeness (QED) is 0.858. The van der Waals surface area contributed by atoms with Gasteiger partial charge in [-0.1, -0.05) is 35.9 Å². The van der Waals surface area contributed by atoms with E-state index in [1.54, 1.807) is 24.3 Å². The minimum Gasteiger partial charge on any atom is -0.481 e. The van der Waals surface area contributed by atoms with Crippen molar-refractivity contribution >= 4 is 11.9 Å². The number of carbonyl (C=O) groups is 2. The Morgan fingerprint density at radius 3 is 2.30 bits per heavy atom. The summed E-state index contributed by atoms with van der Waals surface area (Å²) in [5.41, 5.74) is 4.16. The number of aliphatic carboxylic acids is 1. The number of hydrogen-bond acceptors (Lipinski definition) is 3. The molecule has 0 saturated heterocycles. The van der Waals surface area contributed by atoms with Gasteiger partial charge < -0.3 is 9.84 Å². The van der Waals surface area contributed by atoms with E-state index in [-0.39, 0.29) is 0 Å². The minimum atomic E-state index is -0.851. The van der Waals surface area contributed by atoms with Crippen molar-refractivity contribution in [3.05, 3.63) is 70.3 Å². The maximum absolute atomic E-state index is 11.7. The van der Waals surface area contributed by atoms with Gasteiger partial charge in [-0.3, -0.25) is 4.79 Å². The fourth-order valence-electron chi connectivity index (χ4n) is 2.60. The summed E-state index contributed by atoms with van der Waals surface area (Å²) in [6, 6.07) is 12.7. The predicted molar refractivity (Wildman–Crippen MR) is 87.8 cm³/mol. The van der Waals surface area contributed by atoms with E-state index >= 15 is 0 Å². The monoisotopic (exact) mass is 312 g/mol. The molecular weight excluding hydrogens is 292 g/mol. The van der Waals surface area contributed by atoms with Crippen molar-refractivity contribution in [1.29, 1.82) is 0 Å². The highest BCUT2D eigenvalue weighted by Crippen LogP contribution is 2.25. The number of ether oxygens (including phenoxy) is 1. The lowest BCUT2D eigenvalue weighted by atomic mass is 9.88. The number of carboxylic acid groups (broad SMARTS) is 1. The van der Waals surface area contributed by atoms with E-state index in [1.807, 2.05) is 32.0 Å². The van der Waals surface area contributed by atoms with Gasteiger partial charge in [0.2, 0.25) is 0 Å². The third kappa shape index (κ3) is 3.97. The molecule has 23 heavy (non-hydrogen) atoms. The van der Waals surface area contributed by atoms with Crippen LogP contribution >= 0.6 is 0 Å². The Hall–Kier alpha value is -2.62. The van der Waals surface area contributed by atoms with Crippen LogP contribution < -0.4 is 0 Å². The van der Waals surface area contributed by atoms with Crippen LogP contribution in [-0.4, -0.2) is 24.2 Å². The second-order valence-corrected chi connectivity index (χ2v) is 5.64. The van der Waals surface area contributed by atoms with Gasteiger partial charge >= 0.3 is 11.9 Å². The molecule has 0 fully saturated rings. The van der Waals surface area contributed by atoms with Crippen LogP contribution in [0.4, 0.5) is 0 Å². The number of benzene rings is 2. The Bertz CT molecular complexity index is 717. The highest BCUT2D eigenvalue weighted by atomic mass is 16.5. The molecular formula is C19H20O4. The van der Waals surface area contributed by atoms with Crippen molar-refractivity contribution in [3.8, 4) is 0 Å². The lowest BCUT2D eigenvalue weighted by molar-refractivity contribution is -0.138. The van der Waals surface area contributed by atoms with Crippen LogP contribution in [0.25, 0.3) is 0 Å². The molecule has 0 aliphatic heterocycles. The first-order valence-corrected chi connectivity index (χ1v) is 7.39. The van der Waals surface area contributed by atoms with Crippen LogP contribution in [0.15, 0.2) is 42.5 Å². The lowest BCUT2D eigenvalue weighted by Gasteiger charge is -2.16. The summed E-state index contributed by atoms with van der Waals surface area (Å²) >= 11 is 0. The minimum absolute atomic E-state index is 0.376. The smallest absolute Gasteiger partial charge is 0.337 e. The number of methoxy groups -OCH3 is 1. The Balaban J connectivity index is 2.28. The van der Waals surface area contributed by atoms with Gasteiger partial charge in [0.25, 0.3) is 0 Å². The average Bonchev–Trinajstić information content (AvgIpc) is 2.54. The molecule has 1 atom stereocenters. The molecule has 0 bridgehead atoms. The van der Waals surface area contributed by atoms with Gasteiger partial charge in [-0.2, -0.15) is 0 Å². The maximum Gasteiger partial charge on any atom is 0.337 e. The van der Waals surface area contributed by atoms with Crippen molar-refractivity contribution in [2.24, 2.45) is 0 Å². The van der Waals surface area contributed by atoms with Crippen LogP contribution in [0.5, 0.6) is 0 Å². The summed E-state index contributed by atoms with van der Waals surface area (Å²) in [4.78, 5) is 23.2. The number of carbonyl (C=O) groups excluding carboxylic acids is 1. The van der Waals surface area contributed by atoms with Gasteiger partial charge in [-0.15, -0.1) is 0 Å². The molecule has 0 heterocycles. The van der Waals surface area contributed by atoms with Gasteiger partial charge in [0.05, 0.1) is 18.6 Å². The Kier molecular flexibility index (Phi) is 5.16. The average molecular weight is 312 g/mol. The topological polar surface area (TPSA) is 63.6 Å². The van der Waals surface area contributed by atoms with E-state index in [2.05, 4.69) is 4.74 Å². The van der Waals surface area contributed by atoms with Gasteiger partial charge in [-0.05, 0) is 49.1 Å². The molecule has 0 aliphatic rings. The molecule has 0 aromatic heterocycles. The van der Waals surface area contributed by atoms with Gasteiger partial charge in [0.15, 0.2) is 0 Å². The van der Waals surface area contributed by atoms with Crippen molar-refractivity contribution in [1.82, 2.24) is 0 Å². The molecule has 0 radical (unpaired) electrons. The summed E-state index contributed by atoms with van der Waals surface area (Å²) in [5, 5.41) is 9.61. The van der Waals surface area contributed by atoms with Crippen LogP contribution in [0.2, 0.25) is 0 Å². The van der Waals surface area contributed by atoms with Crippen LogP contribution in [-0.2, 0) is 16.0 Å². The fraction of sp³-hybridized carbons (Fsp3) is 0.263. The van der Waals surface area contributed by atoms with E-state index in [1.165, 1.54) is 7.11 Å². The molecule has 2 aromatic carbocycles. The molecule has 1 N–H and O–H groups in total. The summed E-state index contributed by atoms with van der Waals surface area (Å²) in [6.45, 7) is 3.87. The lowest BCUT2D eigenvalue weighted by Crippen LogP contribution is -2.16. The molecule has 2 aromatic rings. The summed E-state index contributed by atoms with van der Waals surface area (Å²) in [7, 11) is 1.33. The Labute approximate surface area is 135 Å². The highest BCUT2D eigenvalue weighted by molar-refractivity contribution is 5.89. The van der Waals surface area contributed by atoms with Crippen LogP contribution in [0.1, 0.15) is 38.5 Å². The predicted octanol–water partition coefficient (Wildman–Crippen LogP) is 3.50. The number of hydrogen-bond donors (Lipinski definition) is 1. The number of aryl methyl sites for hydroxylation is 2. The summed E-state index contributed by atoms with van der Waals surface area (Å²) < 4.78 is 4.66. The number of rotatable bonds is 5. The molecule has 0 spiro atoms. The Morgan fingerprint density at radius 2 is 1.74 bits per heavy atom. The molecule has 0 amide bonds. The highest BCUT2D eigenvalue weighted by Gasteiger charge is 2.22. The van der Waals surface area contributed by atoms with E-state index in [4.69, 9.17) is 0 Å². The second kappa shape index (κ2) is 7.09. The van der Waals surface area contributed by atoms with E-state index in [0.29, 0.717) is 12.0 Å². The van der Waals surface area contributed by atoms with Crippen molar-refractivity contribution in [2.45, 2.75) is 26.2 Å². The van der Waals surface area contributed by atoms with Crippen molar-refractivity contribution in [2.75, 3.05) is 7.11 Å². The van der Waals surface area contributed by atoms with E-state index < -0.39 is 17.9 Å². The van der Waals surface area contributed by atoms with E-state index in [0.717, 1.165) is 22.3 Å². The van der Waals surface area contributed by atoms with Crippen molar-refractivity contribution < 1.29 is 19.4 Å². The SMILES string of the molecule is COC(=O)c1ccc(CC(C(=O)O)c2cc(C)ccc2C)cc1. The molecule has 120 valence electrons. The molecule has 4 heteroatoms. The first-order valence-electron chi connectivity index (χ1n) is 7.39.